The Kier molecular flexibility index (Phi) is 5.04. The highest BCUT2D eigenvalue weighted by Crippen LogP contribution is 2.41. The van der Waals surface area contributed by atoms with Gasteiger partial charge in [0.15, 0.2) is 11.5 Å². The Bertz CT molecular complexity index is 848. The molecule has 0 heterocycles. The molecule has 0 bridgehead atoms. The van der Waals surface area contributed by atoms with E-state index < -0.39 is 11.9 Å². The molecule has 0 amide bonds. The van der Waals surface area contributed by atoms with Crippen molar-refractivity contribution < 1.29 is 23.8 Å². The number of hydrogen-bond acceptors (Lipinski definition) is 5. The molecule has 2 aromatic rings. The number of fused-ring (bicyclic) bond motifs is 1. The van der Waals surface area contributed by atoms with Crippen molar-refractivity contribution in [3.63, 3.8) is 0 Å². The number of ether oxygens (including phenoxy) is 3. The highest BCUT2D eigenvalue weighted by atomic mass is 16.6. The normalized spacial score (nSPS) is 10.1. The highest BCUT2D eigenvalue weighted by Gasteiger charge is 2.19. The average molecular weight is 326 g/mol. The van der Waals surface area contributed by atoms with Gasteiger partial charge in [-0.15, -0.1) is 0 Å². The van der Waals surface area contributed by atoms with Crippen LogP contribution in [-0.4, -0.2) is 19.0 Å². The van der Waals surface area contributed by atoms with E-state index in [-0.39, 0.29) is 22.6 Å². The molecule has 5 nitrogen and oxygen atoms in total. The van der Waals surface area contributed by atoms with Crippen LogP contribution >= 0.6 is 0 Å². The van der Waals surface area contributed by atoms with E-state index in [1.165, 1.54) is 7.11 Å². The Morgan fingerprint density at radius 3 is 2.08 bits per heavy atom. The van der Waals surface area contributed by atoms with Crippen molar-refractivity contribution in [1.29, 1.82) is 0 Å². The summed E-state index contributed by atoms with van der Waals surface area (Å²) in [6.45, 7) is 10.2. The Labute approximate surface area is 140 Å². The Morgan fingerprint density at radius 1 is 0.875 bits per heavy atom. The number of methoxy groups -OCH3 is 1. The van der Waals surface area contributed by atoms with Crippen LogP contribution in [0.25, 0.3) is 10.8 Å². The first-order chi connectivity index (χ1) is 11.3. The zero-order chi connectivity index (χ0) is 17.9. The fourth-order valence-corrected chi connectivity index (χ4v) is 2.01. The molecule has 0 aliphatic rings. The molecule has 0 saturated heterocycles. The fourth-order valence-electron chi connectivity index (χ4n) is 2.01. The van der Waals surface area contributed by atoms with E-state index in [9.17, 15) is 9.59 Å². The molecule has 0 aliphatic carbocycles. The minimum atomic E-state index is -0.596. The predicted molar refractivity (Wildman–Crippen MR) is 91.4 cm³/mol. The van der Waals surface area contributed by atoms with Crippen LogP contribution in [0.1, 0.15) is 13.8 Å². The SMILES string of the molecule is C=C(C)C(=O)Oc1cccc2ccc(OC)c(OC(=O)C(=C)C)c12. The summed E-state index contributed by atoms with van der Waals surface area (Å²) < 4.78 is 16.1. The van der Waals surface area contributed by atoms with Crippen LogP contribution in [0, 0.1) is 0 Å². The molecule has 124 valence electrons. The van der Waals surface area contributed by atoms with Gasteiger partial charge in [-0.25, -0.2) is 9.59 Å². The van der Waals surface area contributed by atoms with Crippen LogP contribution < -0.4 is 14.2 Å². The molecule has 0 spiro atoms. The Balaban J connectivity index is 2.67. The van der Waals surface area contributed by atoms with Gasteiger partial charge in [-0.2, -0.15) is 0 Å². The Morgan fingerprint density at radius 2 is 1.50 bits per heavy atom. The number of benzene rings is 2. The standard InChI is InChI=1S/C19H18O5/c1-11(2)18(20)23-14-8-6-7-13-9-10-15(22-5)17(16(13)14)24-19(21)12(3)4/h6-10H,1,3H2,2,4-5H3. The lowest BCUT2D eigenvalue weighted by Gasteiger charge is -2.15. The van der Waals surface area contributed by atoms with Crippen molar-refractivity contribution in [2.45, 2.75) is 13.8 Å². The maximum Gasteiger partial charge on any atom is 0.338 e. The van der Waals surface area contributed by atoms with Gasteiger partial charge >= 0.3 is 11.9 Å². The van der Waals surface area contributed by atoms with Crippen molar-refractivity contribution in [1.82, 2.24) is 0 Å². The minimum Gasteiger partial charge on any atom is -0.493 e. The van der Waals surface area contributed by atoms with Gasteiger partial charge in [-0.1, -0.05) is 31.4 Å². The monoisotopic (exact) mass is 326 g/mol. The third-order valence-corrected chi connectivity index (χ3v) is 3.24. The Hall–Kier alpha value is -3.08. The second kappa shape index (κ2) is 7.00. The topological polar surface area (TPSA) is 61.8 Å². The maximum atomic E-state index is 12.0. The third-order valence-electron chi connectivity index (χ3n) is 3.24. The molecule has 0 unspecified atom stereocenters. The summed E-state index contributed by atoms with van der Waals surface area (Å²) in [5, 5.41) is 1.19. The smallest absolute Gasteiger partial charge is 0.338 e. The second-order valence-corrected chi connectivity index (χ2v) is 5.29. The molecule has 0 aliphatic heterocycles. The van der Waals surface area contributed by atoms with E-state index in [1.54, 1.807) is 38.1 Å². The quantitative estimate of drug-likeness (QED) is 0.475. The van der Waals surface area contributed by atoms with E-state index in [0.717, 1.165) is 5.39 Å². The molecule has 0 atom stereocenters. The van der Waals surface area contributed by atoms with Gasteiger partial charge in [0, 0.05) is 11.1 Å². The summed E-state index contributed by atoms with van der Waals surface area (Å²) in [4.78, 5) is 23.8. The van der Waals surface area contributed by atoms with E-state index >= 15 is 0 Å². The number of carbonyl (C=O) groups is 2. The van der Waals surface area contributed by atoms with E-state index in [2.05, 4.69) is 13.2 Å². The van der Waals surface area contributed by atoms with Crippen LogP contribution in [0.15, 0.2) is 54.6 Å². The zero-order valence-electron chi connectivity index (χ0n) is 13.8. The molecule has 0 saturated carbocycles. The number of esters is 2. The van der Waals surface area contributed by atoms with Crippen LogP contribution in [-0.2, 0) is 9.59 Å². The van der Waals surface area contributed by atoms with Crippen LogP contribution in [0.3, 0.4) is 0 Å². The first-order valence-electron chi connectivity index (χ1n) is 7.20. The van der Waals surface area contributed by atoms with Crippen molar-refractivity contribution in [3.8, 4) is 17.2 Å². The molecule has 0 fully saturated rings. The fraction of sp³-hybridized carbons (Fsp3) is 0.158. The molecule has 24 heavy (non-hydrogen) atoms. The summed E-state index contributed by atoms with van der Waals surface area (Å²) in [6, 6.07) is 8.62. The van der Waals surface area contributed by atoms with Crippen LogP contribution in [0.4, 0.5) is 0 Å². The lowest BCUT2D eigenvalue weighted by atomic mass is 10.1. The van der Waals surface area contributed by atoms with Gasteiger partial charge in [0.05, 0.1) is 12.5 Å². The minimum absolute atomic E-state index is 0.174. The van der Waals surface area contributed by atoms with Crippen molar-refractivity contribution in [2.24, 2.45) is 0 Å². The molecular formula is C19H18O5. The summed E-state index contributed by atoms with van der Waals surface area (Å²) in [5.41, 5.74) is 0.501. The number of rotatable bonds is 5. The molecule has 5 heteroatoms. The van der Waals surface area contributed by atoms with E-state index in [4.69, 9.17) is 14.2 Å². The lowest BCUT2D eigenvalue weighted by Crippen LogP contribution is -2.11. The maximum absolute atomic E-state index is 12.0. The second-order valence-electron chi connectivity index (χ2n) is 5.29. The highest BCUT2D eigenvalue weighted by molar-refractivity contribution is 6.01. The number of carbonyl (C=O) groups excluding carboxylic acids is 2. The van der Waals surface area contributed by atoms with Crippen LogP contribution in [0.5, 0.6) is 17.2 Å². The van der Waals surface area contributed by atoms with Crippen molar-refractivity contribution in [3.05, 3.63) is 54.6 Å². The van der Waals surface area contributed by atoms with Crippen LogP contribution in [0.2, 0.25) is 0 Å². The lowest BCUT2D eigenvalue weighted by molar-refractivity contribution is -0.130. The van der Waals surface area contributed by atoms with E-state index in [1.807, 2.05) is 6.07 Å². The number of hydrogen-bond donors (Lipinski definition) is 0. The summed E-state index contributed by atoms with van der Waals surface area (Å²) in [6.07, 6.45) is 0. The van der Waals surface area contributed by atoms with Gasteiger partial charge in [-0.05, 0) is 31.4 Å². The predicted octanol–water partition coefficient (Wildman–Crippen LogP) is 3.81. The van der Waals surface area contributed by atoms with Gasteiger partial charge in [-0.3, -0.25) is 0 Å². The molecule has 0 N–H and O–H groups in total. The summed E-state index contributed by atoms with van der Waals surface area (Å²) in [5.74, 6) is -0.391. The largest absolute Gasteiger partial charge is 0.493 e. The molecule has 0 aromatic heterocycles. The molecule has 0 radical (unpaired) electrons. The van der Waals surface area contributed by atoms with E-state index in [0.29, 0.717) is 11.1 Å². The van der Waals surface area contributed by atoms with Gasteiger partial charge in [0.25, 0.3) is 0 Å². The third kappa shape index (κ3) is 3.46. The van der Waals surface area contributed by atoms with Gasteiger partial charge < -0.3 is 14.2 Å². The first-order valence-corrected chi connectivity index (χ1v) is 7.20. The molecule has 2 rings (SSSR count). The van der Waals surface area contributed by atoms with Crippen molar-refractivity contribution >= 4 is 22.7 Å². The van der Waals surface area contributed by atoms with Gasteiger partial charge in [0.1, 0.15) is 5.75 Å². The molecular weight excluding hydrogens is 308 g/mol. The summed E-state index contributed by atoms with van der Waals surface area (Å²) in [7, 11) is 1.46. The first kappa shape index (κ1) is 17.3. The average Bonchev–Trinajstić information content (AvgIpc) is 2.54. The van der Waals surface area contributed by atoms with Gasteiger partial charge in [0.2, 0.25) is 0 Å². The summed E-state index contributed by atoms with van der Waals surface area (Å²) >= 11 is 0. The molecule has 2 aromatic carbocycles. The zero-order valence-corrected chi connectivity index (χ0v) is 13.8. The van der Waals surface area contributed by atoms with Crippen molar-refractivity contribution in [2.75, 3.05) is 7.11 Å².